The van der Waals surface area contributed by atoms with Gasteiger partial charge in [-0.2, -0.15) is 0 Å². The number of aryl methyl sites for hydroxylation is 1. The van der Waals surface area contributed by atoms with Crippen molar-refractivity contribution in [3.63, 3.8) is 0 Å². The number of carbonyl (C=O) groups excluding carboxylic acids is 1. The van der Waals surface area contributed by atoms with Crippen LogP contribution in [0.5, 0.6) is 0 Å². The van der Waals surface area contributed by atoms with E-state index in [0.717, 1.165) is 48.8 Å². The summed E-state index contributed by atoms with van der Waals surface area (Å²) in [6.07, 6.45) is 6.67. The van der Waals surface area contributed by atoms with E-state index in [0.29, 0.717) is 12.3 Å². The second kappa shape index (κ2) is 7.26. The Balaban J connectivity index is 1.46. The van der Waals surface area contributed by atoms with Crippen molar-refractivity contribution in [3.05, 3.63) is 47.8 Å². The number of pyridine rings is 1. The van der Waals surface area contributed by atoms with Gasteiger partial charge in [-0.25, -0.2) is 9.97 Å². The monoisotopic (exact) mass is 389 g/mol. The van der Waals surface area contributed by atoms with Gasteiger partial charge in [0.2, 0.25) is 5.91 Å². The highest BCUT2D eigenvalue weighted by Crippen LogP contribution is 2.44. The van der Waals surface area contributed by atoms with Crippen LogP contribution in [0, 0.1) is 0 Å². The third kappa shape index (κ3) is 3.65. The summed E-state index contributed by atoms with van der Waals surface area (Å²) in [6, 6.07) is 8.52. The second-order valence-corrected chi connectivity index (χ2v) is 8.45. The molecule has 150 valence electrons. The number of hydrogen-bond donors (Lipinski definition) is 0. The number of fused-ring (bicyclic) bond motifs is 1. The summed E-state index contributed by atoms with van der Waals surface area (Å²) in [5.41, 5.74) is 4.34. The minimum atomic E-state index is 0.225. The fourth-order valence-electron chi connectivity index (χ4n) is 4.21. The van der Waals surface area contributed by atoms with Crippen LogP contribution in [-0.4, -0.2) is 63.5 Å². The van der Waals surface area contributed by atoms with Gasteiger partial charge < -0.3 is 14.4 Å². The van der Waals surface area contributed by atoms with Gasteiger partial charge >= 0.3 is 0 Å². The van der Waals surface area contributed by atoms with Gasteiger partial charge in [-0.1, -0.05) is 6.07 Å². The molecule has 2 aromatic heterocycles. The molecule has 1 aliphatic heterocycles. The highest BCUT2D eigenvalue weighted by atomic mass is 16.2. The Labute approximate surface area is 171 Å². The van der Waals surface area contributed by atoms with Gasteiger partial charge in [0.15, 0.2) is 5.82 Å². The first-order chi connectivity index (χ1) is 14.1. The van der Waals surface area contributed by atoms with Gasteiger partial charge in [-0.3, -0.25) is 4.79 Å². The predicted octanol–water partition coefficient (Wildman–Crippen LogP) is 2.83. The van der Waals surface area contributed by atoms with E-state index in [9.17, 15) is 4.79 Å². The molecule has 2 fully saturated rings. The van der Waals surface area contributed by atoms with Crippen LogP contribution in [0.25, 0.3) is 22.4 Å². The molecule has 0 radical (unpaired) electrons. The van der Waals surface area contributed by atoms with E-state index < -0.39 is 0 Å². The van der Waals surface area contributed by atoms with Crippen LogP contribution in [0.3, 0.4) is 0 Å². The quantitative estimate of drug-likeness (QED) is 0.689. The van der Waals surface area contributed by atoms with E-state index >= 15 is 0 Å². The van der Waals surface area contributed by atoms with Crippen LogP contribution in [0.2, 0.25) is 0 Å². The molecule has 0 unspecified atom stereocenters. The number of nitrogens with zero attached hydrogens (tertiary/aromatic N) is 5. The van der Waals surface area contributed by atoms with E-state index in [1.165, 1.54) is 23.8 Å². The maximum atomic E-state index is 12.8. The van der Waals surface area contributed by atoms with Gasteiger partial charge in [0.25, 0.3) is 0 Å². The maximum absolute atomic E-state index is 12.8. The Morgan fingerprint density at radius 2 is 1.90 bits per heavy atom. The molecule has 6 nitrogen and oxygen atoms in total. The Morgan fingerprint density at radius 3 is 2.59 bits per heavy atom. The number of benzene rings is 1. The predicted molar refractivity (Wildman–Crippen MR) is 114 cm³/mol. The van der Waals surface area contributed by atoms with Crippen molar-refractivity contribution >= 4 is 16.8 Å². The molecule has 1 saturated heterocycles. The summed E-state index contributed by atoms with van der Waals surface area (Å²) in [7, 11) is 4.11. The lowest BCUT2D eigenvalue weighted by atomic mass is 10.00. The highest BCUT2D eigenvalue weighted by molar-refractivity contribution is 5.88. The zero-order chi connectivity index (χ0) is 20.0. The van der Waals surface area contributed by atoms with Crippen molar-refractivity contribution in [2.24, 2.45) is 7.05 Å². The zero-order valence-corrected chi connectivity index (χ0v) is 17.1. The van der Waals surface area contributed by atoms with Gasteiger partial charge in [0.1, 0.15) is 5.69 Å². The third-order valence-corrected chi connectivity index (χ3v) is 6.18. The molecule has 0 N–H and O–H groups in total. The largest absolute Gasteiger partial charge is 0.340 e. The molecule has 5 rings (SSSR count). The molecule has 3 aromatic rings. The standard InChI is InChI=1S/C23H27N5O/c1-26-9-11-28(12-10-26)22(29)14-16-3-6-20-19(13-16)18(17-4-5-17)15-21(25-20)23-24-7-8-27(23)2/h3,6-8,13,15,17H,4-5,9-12,14H2,1-2H3. The van der Waals surface area contributed by atoms with Crippen LogP contribution in [0.1, 0.15) is 29.9 Å². The lowest BCUT2D eigenvalue weighted by molar-refractivity contribution is -0.132. The first-order valence-electron chi connectivity index (χ1n) is 10.5. The lowest BCUT2D eigenvalue weighted by Gasteiger charge is -2.32. The summed E-state index contributed by atoms with van der Waals surface area (Å²) in [5, 5.41) is 1.19. The van der Waals surface area contributed by atoms with Gasteiger partial charge in [-0.05, 0) is 55.1 Å². The minimum absolute atomic E-state index is 0.225. The maximum Gasteiger partial charge on any atom is 0.227 e. The van der Waals surface area contributed by atoms with Crippen molar-refractivity contribution < 1.29 is 4.79 Å². The third-order valence-electron chi connectivity index (χ3n) is 6.18. The first kappa shape index (κ1) is 18.3. The summed E-state index contributed by atoms with van der Waals surface area (Å²) in [6.45, 7) is 3.56. The molecule has 1 amide bonds. The van der Waals surface area contributed by atoms with Crippen LogP contribution >= 0.6 is 0 Å². The average Bonchev–Trinajstić information content (AvgIpc) is 3.48. The first-order valence-corrected chi connectivity index (χ1v) is 10.5. The molecule has 3 heterocycles. The molecule has 2 aliphatic rings. The summed E-state index contributed by atoms with van der Waals surface area (Å²) in [4.78, 5) is 26.4. The fourth-order valence-corrected chi connectivity index (χ4v) is 4.21. The minimum Gasteiger partial charge on any atom is -0.340 e. The van der Waals surface area contributed by atoms with E-state index in [4.69, 9.17) is 4.98 Å². The van der Waals surface area contributed by atoms with Gasteiger partial charge in [-0.15, -0.1) is 0 Å². The summed E-state index contributed by atoms with van der Waals surface area (Å²) < 4.78 is 2.01. The molecule has 1 saturated carbocycles. The number of rotatable bonds is 4. The van der Waals surface area contributed by atoms with Gasteiger partial charge in [0, 0.05) is 51.0 Å². The topological polar surface area (TPSA) is 54.3 Å². The number of aromatic nitrogens is 3. The number of likely N-dealkylation sites (N-methyl/N-ethyl adjacent to an activating group) is 1. The number of imidazole rings is 1. The Kier molecular flexibility index (Phi) is 4.59. The Morgan fingerprint density at radius 1 is 1.10 bits per heavy atom. The molecular formula is C23H27N5O. The van der Waals surface area contributed by atoms with Crippen molar-refractivity contribution in [3.8, 4) is 11.5 Å². The molecule has 0 spiro atoms. The normalized spacial score (nSPS) is 17.8. The number of amides is 1. The molecule has 6 heteroatoms. The molecule has 1 aromatic carbocycles. The van der Waals surface area contributed by atoms with E-state index in [2.05, 4.69) is 41.2 Å². The van der Waals surface area contributed by atoms with Crippen molar-refractivity contribution in [1.29, 1.82) is 0 Å². The van der Waals surface area contributed by atoms with E-state index in [1.54, 1.807) is 0 Å². The van der Waals surface area contributed by atoms with Crippen molar-refractivity contribution in [2.45, 2.75) is 25.2 Å². The lowest BCUT2D eigenvalue weighted by Crippen LogP contribution is -2.47. The Bertz CT molecular complexity index is 1060. The van der Waals surface area contributed by atoms with Crippen LogP contribution in [0.4, 0.5) is 0 Å². The average molecular weight is 390 g/mol. The number of piperazine rings is 1. The molecule has 29 heavy (non-hydrogen) atoms. The Hall–Kier alpha value is -2.73. The van der Waals surface area contributed by atoms with Crippen LogP contribution < -0.4 is 0 Å². The van der Waals surface area contributed by atoms with E-state index in [1.807, 2.05) is 28.9 Å². The summed E-state index contributed by atoms with van der Waals surface area (Å²) in [5.74, 6) is 1.72. The smallest absolute Gasteiger partial charge is 0.227 e. The molecule has 0 bridgehead atoms. The van der Waals surface area contributed by atoms with Gasteiger partial charge in [0.05, 0.1) is 11.9 Å². The second-order valence-electron chi connectivity index (χ2n) is 8.45. The highest BCUT2D eigenvalue weighted by Gasteiger charge is 2.27. The fraction of sp³-hybridized carbons (Fsp3) is 0.435. The van der Waals surface area contributed by atoms with Crippen molar-refractivity contribution in [2.75, 3.05) is 33.2 Å². The van der Waals surface area contributed by atoms with Crippen molar-refractivity contribution in [1.82, 2.24) is 24.3 Å². The summed E-state index contributed by atoms with van der Waals surface area (Å²) >= 11 is 0. The molecule has 0 atom stereocenters. The van der Waals surface area contributed by atoms with Crippen LogP contribution in [-0.2, 0) is 18.3 Å². The number of hydrogen-bond acceptors (Lipinski definition) is 4. The van der Waals surface area contributed by atoms with E-state index in [-0.39, 0.29) is 5.91 Å². The van der Waals surface area contributed by atoms with Crippen LogP contribution in [0.15, 0.2) is 36.7 Å². The molecular weight excluding hydrogens is 362 g/mol. The zero-order valence-electron chi connectivity index (χ0n) is 17.1. The SMILES string of the molecule is CN1CCN(C(=O)Cc2ccc3nc(-c4nccn4C)cc(C4CC4)c3c2)CC1. The number of carbonyl (C=O) groups is 1. The molecule has 1 aliphatic carbocycles.